The molecule has 0 fully saturated rings. The standard InChI is InChI=1S/C17H19NO2/c1-12-7-5-6-8-14(12)16-11-13(18(2)3)9-10-15(16)17(19)20-4/h5-11H,1-4H3. The van der Waals surface area contributed by atoms with Gasteiger partial charge in [0.05, 0.1) is 12.7 Å². The maximum atomic E-state index is 12.0. The van der Waals surface area contributed by atoms with Crippen LogP contribution in [-0.2, 0) is 4.74 Å². The lowest BCUT2D eigenvalue weighted by Gasteiger charge is -2.17. The zero-order valence-corrected chi connectivity index (χ0v) is 12.3. The molecule has 0 atom stereocenters. The van der Waals surface area contributed by atoms with Crippen molar-refractivity contribution in [3.8, 4) is 11.1 Å². The average Bonchev–Trinajstić information content (AvgIpc) is 2.46. The largest absolute Gasteiger partial charge is 0.465 e. The van der Waals surface area contributed by atoms with Crippen molar-refractivity contribution < 1.29 is 9.53 Å². The minimum absolute atomic E-state index is 0.312. The van der Waals surface area contributed by atoms with E-state index in [1.165, 1.54) is 7.11 Å². The molecule has 0 spiro atoms. The normalized spacial score (nSPS) is 10.2. The predicted molar refractivity (Wildman–Crippen MR) is 82.3 cm³/mol. The highest BCUT2D eigenvalue weighted by atomic mass is 16.5. The number of carbonyl (C=O) groups is 1. The molecule has 0 aliphatic rings. The number of methoxy groups -OCH3 is 1. The summed E-state index contributed by atoms with van der Waals surface area (Å²) in [5.74, 6) is -0.312. The fourth-order valence-corrected chi connectivity index (χ4v) is 2.20. The van der Waals surface area contributed by atoms with Crippen LogP contribution in [0.4, 0.5) is 5.69 Å². The Morgan fingerprint density at radius 1 is 1.05 bits per heavy atom. The average molecular weight is 269 g/mol. The van der Waals surface area contributed by atoms with Gasteiger partial charge in [-0.2, -0.15) is 0 Å². The Labute approximate surface area is 119 Å². The lowest BCUT2D eigenvalue weighted by molar-refractivity contribution is 0.0601. The second-order valence-corrected chi connectivity index (χ2v) is 4.93. The molecule has 0 N–H and O–H groups in total. The van der Waals surface area contributed by atoms with E-state index in [1.54, 1.807) is 0 Å². The number of hydrogen-bond donors (Lipinski definition) is 0. The summed E-state index contributed by atoms with van der Waals surface area (Å²) < 4.78 is 4.89. The minimum atomic E-state index is -0.312. The smallest absolute Gasteiger partial charge is 0.338 e. The first kappa shape index (κ1) is 14.1. The quantitative estimate of drug-likeness (QED) is 0.798. The molecular weight excluding hydrogens is 250 g/mol. The van der Waals surface area contributed by atoms with Gasteiger partial charge in [-0.3, -0.25) is 0 Å². The molecule has 0 unspecified atom stereocenters. The SMILES string of the molecule is COC(=O)c1ccc(N(C)C)cc1-c1ccccc1C. The second-order valence-electron chi connectivity index (χ2n) is 4.93. The van der Waals surface area contributed by atoms with Crippen molar-refractivity contribution >= 4 is 11.7 Å². The van der Waals surface area contributed by atoms with Crippen LogP contribution in [0.1, 0.15) is 15.9 Å². The van der Waals surface area contributed by atoms with Gasteiger partial charge in [-0.1, -0.05) is 24.3 Å². The number of hydrogen-bond acceptors (Lipinski definition) is 3. The maximum Gasteiger partial charge on any atom is 0.338 e. The topological polar surface area (TPSA) is 29.5 Å². The van der Waals surface area contributed by atoms with Gasteiger partial charge >= 0.3 is 5.97 Å². The molecule has 2 aromatic carbocycles. The van der Waals surface area contributed by atoms with Crippen LogP contribution < -0.4 is 4.90 Å². The summed E-state index contributed by atoms with van der Waals surface area (Å²) in [6.45, 7) is 2.04. The van der Waals surface area contributed by atoms with E-state index in [2.05, 4.69) is 0 Å². The van der Waals surface area contributed by atoms with Crippen LogP contribution in [0.15, 0.2) is 42.5 Å². The predicted octanol–water partition coefficient (Wildman–Crippen LogP) is 3.51. The number of nitrogens with zero attached hydrogens (tertiary/aromatic N) is 1. The molecule has 2 aromatic rings. The van der Waals surface area contributed by atoms with Crippen molar-refractivity contribution in [3.63, 3.8) is 0 Å². The fourth-order valence-electron chi connectivity index (χ4n) is 2.20. The molecule has 0 bridgehead atoms. The van der Waals surface area contributed by atoms with Gasteiger partial charge in [0.15, 0.2) is 0 Å². The highest BCUT2D eigenvalue weighted by Gasteiger charge is 2.15. The molecule has 3 nitrogen and oxygen atoms in total. The number of rotatable bonds is 3. The molecule has 20 heavy (non-hydrogen) atoms. The minimum Gasteiger partial charge on any atom is -0.465 e. The molecule has 0 amide bonds. The van der Waals surface area contributed by atoms with E-state index in [0.717, 1.165) is 22.4 Å². The highest BCUT2D eigenvalue weighted by molar-refractivity contribution is 5.98. The zero-order valence-electron chi connectivity index (χ0n) is 12.3. The van der Waals surface area contributed by atoms with Gasteiger partial charge < -0.3 is 9.64 Å². The molecule has 0 aliphatic carbocycles. The van der Waals surface area contributed by atoms with Crippen molar-refractivity contribution in [2.24, 2.45) is 0 Å². The van der Waals surface area contributed by atoms with Crippen LogP contribution >= 0.6 is 0 Å². The lowest BCUT2D eigenvalue weighted by Crippen LogP contribution is -2.10. The molecule has 0 aliphatic heterocycles. The van der Waals surface area contributed by atoms with Gasteiger partial charge in [0.2, 0.25) is 0 Å². The highest BCUT2D eigenvalue weighted by Crippen LogP contribution is 2.30. The Balaban J connectivity index is 2.67. The lowest BCUT2D eigenvalue weighted by atomic mass is 9.95. The van der Waals surface area contributed by atoms with Crippen LogP contribution in [0.3, 0.4) is 0 Å². The van der Waals surface area contributed by atoms with Gasteiger partial charge in [0.25, 0.3) is 0 Å². The van der Waals surface area contributed by atoms with Crippen molar-refractivity contribution in [1.29, 1.82) is 0 Å². The van der Waals surface area contributed by atoms with E-state index in [-0.39, 0.29) is 5.97 Å². The van der Waals surface area contributed by atoms with E-state index >= 15 is 0 Å². The number of benzene rings is 2. The first-order valence-corrected chi connectivity index (χ1v) is 6.50. The van der Waals surface area contributed by atoms with Gasteiger partial charge in [-0.15, -0.1) is 0 Å². The summed E-state index contributed by atoms with van der Waals surface area (Å²) in [5.41, 5.74) is 4.73. The summed E-state index contributed by atoms with van der Waals surface area (Å²) in [7, 11) is 5.37. The van der Waals surface area contributed by atoms with Crippen LogP contribution in [0, 0.1) is 6.92 Å². The number of ether oxygens (including phenoxy) is 1. The van der Waals surface area contributed by atoms with Crippen molar-refractivity contribution in [1.82, 2.24) is 0 Å². The van der Waals surface area contributed by atoms with E-state index in [9.17, 15) is 4.79 Å². The third kappa shape index (κ3) is 2.67. The van der Waals surface area contributed by atoms with E-state index in [0.29, 0.717) is 5.56 Å². The third-order valence-corrected chi connectivity index (χ3v) is 3.36. The molecular formula is C17H19NO2. The van der Waals surface area contributed by atoms with Crippen LogP contribution in [0.5, 0.6) is 0 Å². The molecule has 0 heterocycles. The first-order valence-electron chi connectivity index (χ1n) is 6.50. The Bertz CT molecular complexity index is 633. The fraction of sp³-hybridized carbons (Fsp3) is 0.235. The van der Waals surface area contributed by atoms with Crippen LogP contribution in [0.2, 0.25) is 0 Å². The van der Waals surface area contributed by atoms with E-state index < -0.39 is 0 Å². The molecule has 0 aromatic heterocycles. The Hall–Kier alpha value is -2.29. The van der Waals surface area contributed by atoms with Crippen molar-refractivity contribution in [2.75, 3.05) is 26.1 Å². The van der Waals surface area contributed by atoms with Gasteiger partial charge in [0, 0.05) is 19.8 Å². The summed E-state index contributed by atoms with van der Waals surface area (Å²) in [5, 5.41) is 0. The number of anilines is 1. The third-order valence-electron chi connectivity index (χ3n) is 3.36. The number of aryl methyl sites for hydroxylation is 1. The summed E-state index contributed by atoms with van der Waals surface area (Å²) >= 11 is 0. The molecule has 104 valence electrons. The first-order chi connectivity index (χ1) is 9.54. The maximum absolute atomic E-state index is 12.0. The molecule has 0 radical (unpaired) electrons. The molecule has 3 heteroatoms. The van der Waals surface area contributed by atoms with Gasteiger partial charge in [-0.05, 0) is 41.8 Å². The van der Waals surface area contributed by atoms with E-state index in [1.807, 2.05) is 68.4 Å². The Morgan fingerprint density at radius 3 is 2.35 bits per heavy atom. The van der Waals surface area contributed by atoms with Gasteiger partial charge in [0.1, 0.15) is 0 Å². The van der Waals surface area contributed by atoms with Crippen molar-refractivity contribution in [2.45, 2.75) is 6.92 Å². The molecule has 0 saturated carbocycles. The zero-order chi connectivity index (χ0) is 14.7. The summed E-state index contributed by atoms with van der Waals surface area (Å²) in [6.07, 6.45) is 0. The van der Waals surface area contributed by atoms with E-state index in [4.69, 9.17) is 4.74 Å². The van der Waals surface area contributed by atoms with Gasteiger partial charge in [-0.25, -0.2) is 4.79 Å². The molecule has 2 rings (SSSR count). The Morgan fingerprint density at radius 2 is 1.75 bits per heavy atom. The number of carbonyl (C=O) groups excluding carboxylic acids is 1. The monoisotopic (exact) mass is 269 g/mol. The van der Waals surface area contributed by atoms with Crippen molar-refractivity contribution in [3.05, 3.63) is 53.6 Å². The number of esters is 1. The summed E-state index contributed by atoms with van der Waals surface area (Å²) in [4.78, 5) is 14.0. The Kier molecular flexibility index (Phi) is 4.08. The summed E-state index contributed by atoms with van der Waals surface area (Å²) in [6, 6.07) is 13.8. The van der Waals surface area contributed by atoms with Crippen LogP contribution in [0.25, 0.3) is 11.1 Å². The van der Waals surface area contributed by atoms with Crippen LogP contribution in [-0.4, -0.2) is 27.2 Å². The molecule has 0 saturated heterocycles. The second kappa shape index (κ2) is 5.78.